The van der Waals surface area contributed by atoms with E-state index in [1.807, 2.05) is 0 Å². The van der Waals surface area contributed by atoms with Crippen molar-refractivity contribution in [1.29, 1.82) is 0 Å². The first kappa shape index (κ1) is 13.8. The normalized spacial score (nSPS) is 13.2. The fourth-order valence-electron chi connectivity index (χ4n) is 1.15. The van der Waals surface area contributed by atoms with E-state index in [0.717, 1.165) is 6.07 Å². The first-order valence-corrected chi connectivity index (χ1v) is 5.63. The van der Waals surface area contributed by atoms with E-state index in [-0.39, 0.29) is 16.7 Å². The first-order chi connectivity index (χ1) is 7.74. The van der Waals surface area contributed by atoms with Gasteiger partial charge in [-0.15, -0.1) is 11.6 Å². The highest BCUT2D eigenvalue weighted by Gasteiger charge is 2.27. The molecule has 0 bridgehead atoms. The zero-order chi connectivity index (χ0) is 13.2. The van der Waals surface area contributed by atoms with Crippen molar-refractivity contribution in [3.63, 3.8) is 0 Å². The molecule has 0 spiro atoms. The van der Waals surface area contributed by atoms with Crippen molar-refractivity contribution in [2.75, 3.05) is 0 Å². The summed E-state index contributed by atoms with van der Waals surface area (Å²) in [6.07, 6.45) is 0. The molecule has 1 rings (SSSR count). The van der Waals surface area contributed by atoms with Gasteiger partial charge in [0.05, 0.1) is 16.5 Å². The molecule has 1 unspecified atom stereocenters. The standard InChI is InChI=1S/C12H15ClFNO2/c1-7(13)12(2,3)15-11(17)9-5-4-8(16)6-10(9)14/h4-7,16H,1-3H3,(H,15,17). The van der Waals surface area contributed by atoms with Gasteiger partial charge >= 0.3 is 0 Å². The quantitative estimate of drug-likeness (QED) is 0.820. The minimum absolute atomic E-state index is 0.117. The van der Waals surface area contributed by atoms with Crippen LogP contribution in [-0.2, 0) is 0 Å². The van der Waals surface area contributed by atoms with Crippen LogP contribution in [0.3, 0.4) is 0 Å². The average molecular weight is 260 g/mol. The Labute approximate surface area is 105 Å². The van der Waals surface area contributed by atoms with E-state index in [1.54, 1.807) is 20.8 Å². The highest BCUT2D eigenvalue weighted by Crippen LogP contribution is 2.18. The molecule has 1 aromatic carbocycles. The summed E-state index contributed by atoms with van der Waals surface area (Å²) in [6, 6.07) is 3.39. The number of alkyl halides is 1. The van der Waals surface area contributed by atoms with E-state index in [0.29, 0.717) is 0 Å². The number of hydrogen-bond acceptors (Lipinski definition) is 2. The predicted molar refractivity (Wildman–Crippen MR) is 64.9 cm³/mol. The van der Waals surface area contributed by atoms with Gasteiger partial charge in [0.1, 0.15) is 11.6 Å². The van der Waals surface area contributed by atoms with Crippen LogP contribution in [0.25, 0.3) is 0 Å². The van der Waals surface area contributed by atoms with Crippen molar-refractivity contribution in [1.82, 2.24) is 5.32 Å². The molecule has 0 saturated carbocycles. The van der Waals surface area contributed by atoms with Crippen molar-refractivity contribution in [3.05, 3.63) is 29.6 Å². The summed E-state index contributed by atoms with van der Waals surface area (Å²) in [5, 5.41) is 11.4. The summed E-state index contributed by atoms with van der Waals surface area (Å²) in [7, 11) is 0. The van der Waals surface area contributed by atoms with E-state index in [9.17, 15) is 9.18 Å². The maximum atomic E-state index is 13.4. The van der Waals surface area contributed by atoms with Crippen molar-refractivity contribution >= 4 is 17.5 Å². The lowest BCUT2D eigenvalue weighted by Gasteiger charge is -2.29. The topological polar surface area (TPSA) is 49.3 Å². The largest absolute Gasteiger partial charge is 0.508 e. The molecule has 3 nitrogen and oxygen atoms in total. The van der Waals surface area contributed by atoms with Crippen LogP contribution in [-0.4, -0.2) is 21.9 Å². The predicted octanol–water partition coefficient (Wildman–Crippen LogP) is 2.67. The van der Waals surface area contributed by atoms with Gasteiger partial charge in [-0.3, -0.25) is 4.79 Å². The molecule has 0 aliphatic heterocycles. The Bertz CT molecular complexity index is 433. The SMILES string of the molecule is CC(Cl)C(C)(C)NC(=O)c1ccc(O)cc1F. The van der Waals surface area contributed by atoms with Crippen LogP contribution >= 0.6 is 11.6 Å². The van der Waals surface area contributed by atoms with Crippen molar-refractivity contribution in [2.45, 2.75) is 31.7 Å². The molecular weight excluding hydrogens is 245 g/mol. The second-order valence-electron chi connectivity index (χ2n) is 4.46. The molecule has 0 saturated heterocycles. The molecule has 0 heterocycles. The third kappa shape index (κ3) is 3.33. The number of nitrogens with one attached hydrogen (secondary N) is 1. The lowest BCUT2D eigenvalue weighted by atomic mass is 10.0. The summed E-state index contributed by atoms with van der Waals surface area (Å²) in [5.74, 6) is -1.54. The van der Waals surface area contributed by atoms with Crippen molar-refractivity contribution in [3.8, 4) is 5.75 Å². The maximum Gasteiger partial charge on any atom is 0.254 e. The monoisotopic (exact) mass is 259 g/mol. The van der Waals surface area contributed by atoms with Crippen LogP contribution in [0.15, 0.2) is 18.2 Å². The van der Waals surface area contributed by atoms with E-state index in [4.69, 9.17) is 16.7 Å². The van der Waals surface area contributed by atoms with Gasteiger partial charge in [0.2, 0.25) is 0 Å². The fraction of sp³-hybridized carbons (Fsp3) is 0.417. The van der Waals surface area contributed by atoms with Gasteiger partial charge in [-0.1, -0.05) is 0 Å². The highest BCUT2D eigenvalue weighted by molar-refractivity contribution is 6.21. The number of carbonyl (C=O) groups is 1. The van der Waals surface area contributed by atoms with Crippen LogP contribution in [0.4, 0.5) is 4.39 Å². The summed E-state index contributed by atoms with van der Waals surface area (Å²) >= 11 is 5.92. The zero-order valence-corrected chi connectivity index (χ0v) is 10.7. The molecule has 0 radical (unpaired) electrons. The van der Waals surface area contributed by atoms with E-state index < -0.39 is 17.3 Å². The van der Waals surface area contributed by atoms with E-state index >= 15 is 0 Å². The van der Waals surface area contributed by atoms with Crippen LogP contribution in [0.5, 0.6) is 5.75 Å². The van der Waals surface area contributed by atoms with Crippen molar-refractivity contribution in [2.24, 2.45) is 0 Å². The lowest BCUT2D eigenvalue weighted by molar-refractivity contribution is 0.0908. The van der Waals surface area contributed by atoms with Gasteiger partial charge in [-0.25, -0.2) is 4.39 Å². The Hall–Kier alpha value is -1.29. The number of rotatable bonds is 3. The third-order valence-electron chi connectivity index (χ3n) is 2.63. The summed E-state index contributed by atoms with van der Waals surface area (Å²) in [4.78, 5) is 11.8. The van der Waals surface area contributed by atoms with Crippen LogP contribution < -0.4 is 5.32 Å². The van der Waals surface area contributed by atoms with Crippen LogP contribution in [0.1, 0.15) is 31.1 Å². The lowest BCUT2D eigenvalue weighted by Crippen LogP contribution is -2.49. The van der Waals surface area contributed by atoms with Gasteiger partial charge in [0.15, 0.2) is 0 Å². The number of phenolic OH excluding ortho intramolecular Hbond substituents is 1. The Kier molecular flexibility index (Phi) is 3.98. The molecular formula is C12H15ClFNO2. The smallest absolute Gasteiger partial charge is 0.254 e. The van der Waals surface area contributed by atoms with Gasteiger partial charge in [-0.05, 0) is 32.9 Å². The van der Waals surface area contributed by atoms with Crippen LogP contribution in [0.2, 0.25) is 0 Å². The molecule has 0 aliphatic rings. The number of phenols is 1. The molecule has 94 valence electrons. The number of amides is 1. The minimum atomic E-state index is -0.763. The molecule has 0 aliphatic carbocycles. The Morgan fingerprint density at radius 3 is 2.59 bits per heavy atom. The van der Waals surface area contributed by atoms with Gasteiger partial charge in [0.25, 0.3) is 5.91 Å². The number of carbonyl (C=O) groups excluding carboxylic acids is 1. The highest BCUT2D eigenvalue weighted by atomic mass is 35.5. The Balaban J connectivity index is 2.91. The average Bonchev–Trinajstić information content (AvgIpc) is 2.15. The molecule has 0 aromatic heterocycles. The zero-order valence-electron chi connectivity index (χ0n) is 9.92. The second-order valence-corrected chi connectivity index (χ2v) is 5.11. The molecule has 1 atom stereocenters. The maximum absolute atomic E-state index is 13.4. The summed E-state index contributed by atoms with van der Waals surface area (Å²) < 4.78 is 13.4. The van der Waals surface area contributed by atoms with Gasteiger partial charge < -0.3 is 10.4 Å². The number of benzene rings is 1. The summed E-state index contributed by atoms with van der Waals surface area (Å²) in [6.45, 7) is 5.25. The first-order valence-electron chi connectivity index (χ1n) is 5.19. The van der Waals surface area contributed by atoms with Gasteiger partial charge in [-0.2, -0.15) is 0 Å². The van der Waals surface area contributed by atoms with E-state index in [1.165, 1.54) is 12.1 Å². The molecule has 17 heavy (non-hydrogen) atoms. The number of hydrogen-bond donors (Lipinski definition) is 2. The molecule has 5 heteroatoms. The molecule has 1 amide bonds. The summed E-state index contributed by atoms with van der Waals surface area (Å²) in [5.41, 5.74) is -0.767. The molecule has 2 N–H and O–H groups in total. The third-order valence-corrected chi connectivity index (χ3v) is 3.17. The minimum Gasteiger partial charge on any atom is -0.508 e. The van der Waals surface area contributed by atoms with Crippen LogP contribution in [0, 0.1) is 5.82 Å². The second kappa shape index (κ2) is 4.92. The Morgan fingerprint density at radius 1 is 1.53 bits per heavy atom. The molecule has 1 aromatic rings. The number of aromatic hydroxyl groups is 1. The number of halogens is 2. The molecule has 0 fully saturated rings. The fourth-order valence-corrected chi connectivity index (χ4v) is 1.20. The van der Waals surface area contributed by atoms with E-state index in [2.05, 4.69) is 5.32 Å². The van der Waals surface area contributed by atoms with Gasteiger partial charge in [0, 0.05) is 6.07 Å². The Morgan fingerprint density at radius 2 is 2.12 bits per heavy atom. The van der Waals surface area contributed by atoms with Crippen molar-refractivity contribution < 1.29 is 14.3 Å².